The van der Waals surface area contributed by atoms with Gasteiger partial charge in [-0.3, -0.25) is 0 Å². The summed E-state index contributed by atoms with van der Waals surface area (Å²) in [6.45, 7) is 1.64. The van der Waals surface area contributed by atoms with E-state index < -0.39 is 12.9 Å². The van der Waals surface area contributed by atoms with Crippen molar-refractivity contribution in [1.82, 2.24) is 0 Å². The van der Waals surface area contributed by atoms with Gasteiger partial charge in [-0.1, -0.05) is 0 Å². The highest BCUT2D eigenvalue weighted by Crippen LogP contribution is 1.82. The maximum Gasteiger partial charge on any atom is 0.214 e. The molecule has 43 valence electrons. The van der Waals surface area contributed by atoms with Crippen LogP contribution >= 0.6 is 0 Å². The van der Waals surface area contributed by atoms with E-state index in [1.54, 1.807) is 6.92 Å². The number of hydrogen-bond acceptors (Lipinski definition) is 2. The third kappa shape index (κ3) is 3.72. The molecule has 1 radical (unpaired) electrons. The van der Waals surface area contributed by atoms with Gasteiger partial charge in [-0.15, -0.1) is 0 Å². The molecule has 0 rings (SSSR count). The van der Waals surface area contributed by atoms with Gasteiger partial charge in [0.1, 0.15) is 0 Å². The molecule has 7 heavy (non-hydrogen) atoms. The molecule has 0 fully saturated rings. The molecule has 1 unspecified atom stereocenters. The van der Waals surface area contributed by atoms with Crippen molar-refractivity contribution in [3.63, 3.8) is 0 Å². The monoisotopic (exact) mass is 105 g/mol. The van der Waals surface area contributed by atoms with Crippen LogP contribution in [0.2, 0.25) is 0 Å². The molecule has 0 spiro atoms. The van der Waals surface area contributed by atoms with Crippen LogP contribution in [0.5, 0.6) is 0 Å². The first-order valence-electron chi connectivity index (χ1n) is 2.19. The van der Waals surface area contributed by atoms with E-state index in [0.717, 1.165) is 0 Å². The zero-order valence-electron chi connectivity index (χ0n) is 4.26. The van der Waals surface area contributed by atoms with Crippen molar-refractivity contribution >= 4 is 0 Å². The number of ether oxygens (including phenoxy) is 1. The molecule has 0 aliphatic heterocycles. The van der Waals surface area contributed by atoms with Gasteiger partial charge in [-0.2, -0.15) is 5.11 Å². The second kappa shape index (κ2) is 4.05. The summed E-state index contributed by atoms with van der Waals surface area (Å²) in [6, 6.07) is 0. The quantitative estimate of drug-likeness (QED) is 0.504. The Labute approximate surface area is 42.5 Å². The predicted molar refractivity (Wildman–Crippen MR) is 23.2 cm³/mol. The highest BCUT2D eigenvalue weighted by Gasteiger charge is 1.98. The molecule has 1 atom stereocenters. The van der Waals surface area contributed by atoms with E-state index in [1.165, 1.54) is 0 Å². The average Bonchev–Trinajstić information content (AvgIpc) is 1.68. The molecular weight excluding hydrogens is 96.0 g/mol. The third-order valence-corrected chi connectivity index (χ3v) is 0.502. The van der Waals surface area contributed by atoms with Crippen molar-refractivity contribution in [3.8, 4) is 0 Å². The van der Waals surface area contributed by atoms with Gasteiger partial charge in [0.2, 0.25) is 6.29 Å². The van der Waals surface area contributed by atoms with Gasteiger partial charge in [-0.25, -0.2) is 0 Å². The van der Waals surface area contributed by atoms with Gasteiger partial charge < -0.3 is 9.84 Å². The van der Waals surface area contributed by atoms with Crippen LogP contribution in [0, 0.1) is 0 Å². The van der Waals surface area contributed by atoms with Crippen LogP contribution in [0.3, 0.4) is 0 Å². The summed E-state index contributed by atoms with van der Waals surface area (Å²) < 4.78 is 4.39. The molecule has 1 N–H and O–H groups in total. The van der Waals surface area contributed by atoms with E-state index in [1.807, 2.05) is 0 Å². The smallest absolute Gasteiger partial charge is 0.214 e. The lowest BCUT2D eigenvalue weighted by atomic mass is 10.7. The first-order valence-corrected chi connectivity index (χ1v) is 2.19. The molecule has 0 aromatic carbocycles. The standard InChI is InChI=1S/C4H9O3/c1-2-7-4(6)3-5/h4-5H,2-3H2,1H3. The molecule has 0 bridgehead atoms. The van der Waals surface area contributed by atoms with Crippen molar-refractivity contribution in [3.05, 3.63) is 0 Å². The zero-order chi connectivity index (χ0) is 5.70. The topological polar surface area (TPSA) is 49.4 Å². The minimum Gasteiger partial charge on any atom is -0.391 e. The van der Waals surface area contributed by atoms with Crippen molar-refractivity contribution in [1.29, 1.82) is 0 Å². The van der Waals surface area contributed by atoms with Gasteiger partial charge in [-0.05, 0) is 6.92 Å². The van der Waals surface area contributed by atoms with E-state index in [2.05, 4.69) is 4.74 Å². The van der Waals surface area contributed by atoms with Crippen LogP contribution in [0.1, 0.15) is 6.92 Å². The van der Waals surface area contributed by atoms with Crippen LogP contribution in [0.4, 0.5) is 0 Å². The summed E-state index contributed by atoms with van der Waals surface area (Å²) in [4.78, 5) is 0. The zero-order valence-corrected chi connectivity index (χ0v) is 4.26. The van der Waals surface area contributed by atoms with Gasteiger partial charge in [0.05, 0.1) is 6.61 Å². The fourth-order valence-electron chi connectivity index (χ4n) is 0.239. The third-order valence-electron chi connectivity index (χ3n) is 0.502. The fourth-order valence-corrected chi connectivity index (χ4v) is 0.239. The van der Waals surface area contributed by atoms with Crippen molar-refractivity contribution < 1.29 is 14.9 Å². The molecule has 0 saturated carbocycles. The number of aliphatic hydroxyl groups is 1. The molecule has 3 nitrogen and oxygen atoms in total. The molecule has 3 heteroatoms. The second-order valence-electron chi connectivity index (χ2n) is 1.07. The van der Waals surface area contributed by atoms with E-state index in [0.29, 0.717) is 6.61 Å². The average molecular weight is 105 g/mol. The van der Waals surface area contributed by atoms with E-state index in [4.69, 9.17) is 5.11 Å². The lowest BCUT2D eigenvalue weighted by molar-refractivity contribution is -0.158. The minimum absolute atomic E-state index is 0.370. The van der Waals surface area contributed by atoms with Gasteiger partial charge in [0, 0.05) is 6.61 Å². The Hall–Kier alpha value is -0.120. The van der Waals surface area contributed by atoms with E-state index in [9.17, 15) is 5.11 Å². The normalized spacial score (nSPS) is 14.1. The summed E-state index contributed by atoms with van der Waals surface area (Å²) >= 11 is 0. The Balaban J connectivity index is 2.83. The van der Waals surface area contributed by atoms with E-state index >= 15 is 0 Å². The number of rotatable bonds is 3. The Morgan fingerprint density at radius 2 is 2.43 bits per heavy atom. The molecule has 0 aliphatic rings. The van der Waals surface area contributed by atoms with Crippen molar-refractivity contribution in [2.45, 2.75) is 13.2 Å². The Morgan fingerprint density at radius 1 is 1.86 bits per heavy atom. The largest absolute Gasteiger partial charge is 0.391 e. The first kappa shape index (κ1) is 6.88. The Bertz CT molecular complexity index is 37.9. The summed E-state index contributed by atoms with van der Waals surface area (Å²) in [7, 11) is 0. The molecular formula is C4H9O3. The lowest BCUT2D eigenvalue weighted by Crippen LogP contribution is -2.13. The van der Waals surface area contributed by atoms with E-state index in [-0.39, 0.29) is 0 Å². The maximum atomic E-state index is 10.0. The van der Waals surface area contributed by atoms with Gasteiger partial charge in [0.25, 0.3) is 0 Å². The Morgan fingerprint density at radius 3 is 2.57 bits per heavy atom. The summed E-state index contributed by atoms with van der Waals surface area (Å²) in [5.41, 5.74) is 0. The molecule has 0 amide bonds. The van der Waals surface area contributed by atoms with Crippen LogP contribution in [0.25, 0.3) is 0 Å². The van der Waals surface area contributed by atoms with Crippen LogP contribution in [0.15, 0.2) is 0 Å². The second-order valence-corrected chi connectivity index (χ2v) is 1.07. The van der Waals surface area contributed by atoms with Gasteiger partial charge >= 0.3 is 0 Å². The maximum absolute atomic E-state index is 10.0. The molecule has 0 aromatic rings. The van der Waals surface area contributed by atoms with Crippen molar-refractivity contribution in [2.75, 3.05) is 13.2 Å². The summed E-state index contributed by atoms with van der Waals surface area (Å²) in [6.07, 6.45) is -1.25. The highest BCUT2D eigenvalue weighted by molar-refractivity contribution is 4.28. The van der Waals surface area contributed by atoms with Crippen LogP contribution < -0.4 is 0 Å². The molecule has 0 aliphatic carbocycles. The minimum atomic E-state index is -1.25. The van der Waals surface area contributed by atoms with Gasteiger partial charge in [0.15, 0.2) is 0 Å². The number of hydrogen-bond donors (Lipinski definition) is 1. The molecule has 0 aromatic heterocycles. The first-order chi connectivity index (χ1) is 3.31. The summed E-state index contributed by atoms with van der Waals surface area (Å²) in [5.74, 6) is 0. The summed E-state index contributed by atoms with van der Waals surface area (Å²) in [5, 5.41) is 18.1. The SMILES string of the molecule is CCOC([O])CO. The van der Waals surface area contributed by atoms with Crippen LogP contribution in [-0.4, -0.2) is 24.6 Å². The Kier molecular flexibility index (Phi) is 3.98. The highest BCUT2D eigenvalue weighted by atomic mass is 16.6. The van der Waals surface area contributed by atoms with Crippen LogP contribution in [-0.2, 0) is 9.84 Å². The lowest BCUT2D eigenvalue weighted by Gasteiger charge is -2.00. The molecule has 0 saturated heterocycles. The molecule has 0 heterocycles. The fraction of sp³-hybridized carbons (Fsp3) is 1.00. The number of aliphatic hydroxyl groups excluding tert-OH is 1. The van der Waals surface area contributed by atoms with Crippen molar-refractivity contribution in [2.24, 2.45) is 0 Å². The predicted octanol–water partition coefficient (Wildman–Crippen LogP) is -0.228.